The number of hydrogen-bond acceptors (Lipinski definition) is 4. The Morgan fingerprint density at radius 2 is 1.90 bits per heavy atom. The summed E-state index contributed by atoms with van der Waals surface area (Å²) in [6, 6.07) is 14.4. The van der Waals surface area contributed by atoms with Crippen LogP contribution >= 0.6 is 23.4 Å². The van der Waals surface area contributed by atoms with E-state index in [2.05, 4.69) is 10.3 Å². The molecular weight excluding hydrogens is 296 g/mol. The number of halogens is 1. The Morgan fingerprint density at radius 3 is 2.70 bits per heavy atom. The minimum absolute atomic E-state index is 0.301. The van der Waals surface area contributed by atoms with Crippen LogP contribution in [-0.2, 0) is 0 Å². The fraction of sp³-hybridized carbons (Fsp3) is 0. The summed E-state index contributed by atoms with van der Waals surface area (Å²) in [5, 5.41) is 3.18. The Hall–Kier alpha value is -1.98. The highest BCUT2D eigenvalue weighted by Crippen LogP contribution is 2.27. The first-order chi connectivity index (χ1) is 9.72. The molecule has 2 aromatic carbocycles. The standard InChI is InChI=1S/C14H9ClN2O2S/c15-9-5-1-2-6-10(9)16-13(18)20-14-17-11-7-3-4-8-12(11)19-14/h1-8H,(H,16,18). The zero-order valence-corrected chi connectivity index (χ0v) is 11.7. The molecule has 0 aliphatic carbocycles. The van der Waals surface area contributed by atoms with Gasteiger partial charge in [-0.15, -0.1) is 0 Å². The number of hydrogen-bond donors (Lipinski definition) is 1. The van der Waals surface area contributed by atoms with Gasteiger partial charge in [-0.2, -0.15) is 0 Å². The van der Waals surface area contributed by atoms with Gasteiger partial charge < -0.3 is 9.73 Å². The molecular formula is C14H9ClN2O2S. The highest BCUT2D eigenvalue weighted by atomic mass is 35.5. The van der Waals surface area contributed by atoms with E-state index < -0.39 is 0 Å². The van der Waals surface area contributed by atoms with Crippen molar-refractivity contribution < 1.29 is 9.21 Å². The predicted molar refractivity (Wildman–Crippen MR) is 80.3 cm³/mol. The van der Waals surface area contributed by atoms with Gasteiger partial charge in [-0.3, -0.25) is 4.79 Å². The van der Waals surface area contributed by atoms with E-state index in [-0.39, 0.29) is 5.24 Å². The first-order valence-corrected chi connectivity index (χ1v) is 7.01. The van der Waals surface area contributed by atoms with Crippen molar-refractivity contribution in [1.29, 1.82) is 0 Å². The van der Waals surface area contributed by atoms with E-state index in [9.17, 15) is 4.79 Å². The number of nitrogens with one attached hydrogen (secondary N) is 1. The lowest BCUT2D eigenvalue weighted by Gasteiger charge is -2.04. The van der Waals surface area contributed by atoms with Gasteiger partial charge in [-0.05, 0) is 24.3 Å². The molecule has 4 nitrogen and oxygen atoms in total. The number of amides is 1. The Kier molecular flexibility index (Phi) is 3.62. The summed E-state index contributed by atoms with van der Waals surface area (Å²) < 4.78 is 5.46. The minimum atomic E-state index is -0.301. The third-order valence-electron chi connectivity index (χ3n) is 2.56. The SMILES string of the molecule is O=C(Nc1ccccc1Cl)Sc1nc2ccccc2o1. The molecule has 1 heterocycles. The van der Waals surface area contributed by atoms with Gasteiger partial charge in [0.15, 0.2) is 5.58 Å². The second-order valence-corrected chi connectivity index (χ2v) is 5.27. The molecule has 1 aromatic heterocycles. The van der Waals surface area contributed by atoms with Crippen molar-refractivity contribution in [2.45, 2.75) is 5.22 Å². The van der Waals surface area contributed by atoms with Gasteiger partial charge in [0, 0.05) is 11.8 Å². The number of carbonyl (C=O) groups is 1. The molecule has 0 saturated heterocycles. The summed E-state index contributed by atoms with van der Waals surface area (Å²) in [5.74, 6) is 0. The average Bonchev–Trinajstić information content (AvgIpc) is 2.83. The summed E-state index contributed by atoms with van der Waals surface area (Å²) in [6.45, 7) is 0. The fourth-order valence-electron chi connectivity index (χ4n) is 1.67. The number of oxazole rings is 1. The van der Waals surface area contributed by atoms with Gasteiger partial charge in [0.05, 0.1) is 10.7 Å². The maximum Gasteiger partial charge on any atom is 0.292 e. The van der Waals surface area contributed by atoms with Crippen molar-refractivity contribution in [2.24, 2.45) is 0 Å². The van der Waals surface area contributed by atoms with Crippen molar-refractivity contribution in [3.05, 3.63) is 53.6 Å². The molecule has 0 aliphatic heterocycles. The molecule has 0 aliphatic rings. The van der Waals surface area contributed by atoms with Crippen LogP contribution in [0.25, 0.3) is 11.1 Å². The van der Waals surface area contributed by atoms with Crippen molar-refractivity contribution >= 4 is 45.4 Å². The van der Waals surface area contributed by atoms with E-state index in [1.54, 1.807) is 30.3 Å². The highest BCUT2D eigenvalue weighted by molar-refractivity contribution is 8.13. The van der Waals surface area contributed by atoms with E-state index in [1.807, 2.05) is 18.2 Å². The summed E-state index contributed by atoms with van der Waals surface area (Å²) in [5.41, 5.74) is 1.93. The number of para-hydroxylation sites is 3. The summed E-state index contributed by atoms with van der Waals surface area (Å²) >= 11 is 6.86. The van der Waals surface area contributed by atoms with Gasteiger partial charge in [-0.1, -0.05) is 35.9 Å². The molecule has 0 fully saturated rings. The van der Waals surface area contributed by atoms with Crippen LogP contribution in [0.5, 0.6) is 0 Å². The molecule has 0 radical (unpaired) electrons. The lowest BCUT2D eigenvalue weighted by atomic mass is 10.3. The molecule has 6 heteroatoms. The number of thioether (sulfide) groups is 1. The normalized spacial score (nSPS) is 10.7. The largest absolute Gasteiger partial charge is 0.431 e. The first kappa shape index (κ1) is 13.0. The zero-order valence-electron chi connectivity index (χ0n) is 10.2. The topological polar surface area (TPSA) is 55.1 Å². The number of fused-ring (bicyclic) bond motifs is 1. The maximum absolute atomic E-state index is 11.9. The van der Waals surface area contributed by atoms with Gasteiger partial charge in [0.2, 0.25) is 0 Å². The fourth-order valence-corrected chi connectivity index (χ4v) is 2.45. The average molecular weight is 305 g/mol. The lowest BCUT2D eigenvalue weighted by Crippen LogP contribution is -2.04. The van der Waals surface area contributed by atoms with Gasteiger partial charge in [-0.25, -0.2) is 4.98 Å². The van der Waals surface area contributed by atoms with Crippen LogP contribution < -0.4 is 5.32 Å². The van der Waals surface area contributed by atoms with Crippen LogP contribution in [0.2, 0.25) is 5.02 Å². The monoisotopic (exact) mass is 304 g/mol. The molecule has 100 valence electrons. The molecule has 3 aromatic rings. The van der Waals surface area contributed by atoms with Crippen molar-refractivity contribution in [3.8, 4) is 0 Å². The first-order valence-electron chi connectivity index (χ1n) is 5.81. The number of anilines is 1. The summed E-state index contributed by atoms with van der Waals surface area (Å²) in [4.78, 5) is 16.1. The van der Waals surface area contributed by atoms with E-state index >= 15 is 0 Å². The summed E-state index contributed by atoms with van der Waals surface area (Å²) in [6.07, 6.45) is 0. The number of nitrogens with zero attached hydrogens (tertiary/aromatic N) is 1. The molecule has 0 atom stereocenters. The van der Waals surface area contributed by atoms with Crippen molar-refractivity contribution in [1.82, 2.24) is 4.98 Å². The third-order valence-corrected chi connectivity index (χ3v) is 3.53. The minimum Gasteiger partial charge on any atom is -0.431 e. The van der Waals surface area contributed by atoms with Gasteiger partial charge >= 0.3 is 0 Å². The number of rotatable bonds is 2. The van der Waals surface area contributed by atoms with Crippen LogP contribution in [0.15, 0.2) is 58.2 Å². The van der Waals surface area contributed by atoms with Crippen LogP contribution in [0.3, 0.4) is 0 Å². The molecule has 20 heavy (non-hydrogen) atoms. The number of carbonyl (C=O) groups excluding carboxylic acids is 1. The Bertz CT molecular complexity index is 739. The van der Waals surface area contributed by atoms with Crippen molar-refractivity contribution in [3.63, 3.8) is 0 Å². The Balaban J connectivity index is 1.74. The smallest absolute Gasteiger partial charge is 0.292 e. The van der Waals surface area contributed by atoms with E-state index in [0.717, 1.165) is 17.3 Å². The highest BCUT2D eigenvalue weighted by Gasteiger charge is 2.12. The second kappa shape index (κ2) is 5.56. The molecule has 0 spiro atoms. The van der Waals surface area contributed by atoms with Gasteiger partial charge in [0.25, 0.3) is 10.5 Å². The van der Waals surface area contributed by atoms with E-state index in [1.165, 1.54) is 0 Å². The lowest BCUT2D eigenvalue weighted by molar-refractivity contribution is 0.269. The Labute approximate surface area is 124 Å². The van der Waals surface area contributed by atoms with Crippen LogP contribution in [0.4, 0.5) is 10.5 Å². The van der Waals surface area contributed by atoms with Gasteiger partial charge in [0.1, 0.15) is 5.52 Å². The molecule has 0 unspecified atom stereocenters. The zero-order chi connectivity index (χ0) is 13.9. The third kappa shape index (κ3) is 2.79. The molecule has 1 amide bonds. The Morgan fingerprint density at radius 1 is 1.15 bits per heavy atom. The second-order valence-electron chi connectivity index (χ2n) is 3.94. The van der Waals surface area contributed by atoms with Crippen LogP contribution in [-0.4, -0.2) is 10.2 Å². The van der Waals surface area contributed by atoms with Crippen LogP contribution in [0.1, 0.15) is 0 Å². The number of aromatic nitrogens is 1. The van der Waals surface area contributed by atoms with E-state index in [0.29, 0.717) is 21.5 Å². The predicted octanol–water partition coefficient (Wildman–Crippen LogP) is 4.81. The van der Waals surface area contributed by atoms with Crippen LogP contribution in [0, 0.1) is 0 Å². The molecule has 0 bridgehead atoms. The number of benzene rings is 2. The summed E-state index contributed by atoms with van der Waals surface area (Å²) in [7, 11) is 0. The maximum atomic E-state index is 11.9. The van der Waals surface area contributed by atoms with E-state index in [4.69, 9.17) is 16.0 Å². The molecule has 0 saturated carbocycles. The molecule has 3 rings (SSSR count). The van der Waals surface area contributed by atoms with Crippen molar-refractivity contribution in [2.75, 3.05) is 5.32 Å². The molecule has 1 N–H and O–H groups in total. The quantitative estimate of drug-likeness (QED) is 0.691.